The summed E-state index contributed by atoms with van der Waals surface area (Å²) in [6, 6.07) is 8.66. The molecular formula is C18H28IN5. The van der Waals surface area contributed by atoms with Crippen LogP contribution < -0.4 is 5.32 Å². The van der Waals surface area contributed by atoms with Crippen molar-refractivity contribution in [3.63, 3.8) is 0 Å². The summed E-state index contributed by atoms with van der Waals surface area (Å²) in [7, 11) is 3.91. The van der Waals surface area contributed by atoms with Gasteiger partial charge >= 0.3 is 0 Å². The molecule has 0 fully saturated rings. The zero-order valence-corrected chi connectivity index (χ0v) is 17.1. The lowest BCUT2D eigenvalue weighted by Crippen LogP contribution is -2.38. The summed E-state index contributed by atoms with van der Waals surface area (Å²) in [5.41, 5.74) is 2.53. The molecule has 1 heterocycles. The van der Waals surface area contributed by atoms with Gasteiger partial charge < -0.3 is 14.8 Å². The molecule has 5 nitrogen and oxygen atoms in total. The minimum absolute atomic E-state index is 0. The highest BCUT2D eigenvalue weighted by atomic mass is 127. The molecule has 1 aromatic heterocycles. The first-order valence-electron chi connectivity index (χ1n) is 8.18. The average molecular weight is 441 g/mol. The number of aliphatic imine (C=N–C) groups is 1. The fourth-order valence-corrected chi connectivity index (χ4v) is 2.42. The second-order valence-corrected chi connectivity index (χ2v) is 5.73. The molecule has 0 aliphatic heterocycles. The van der Waals surface area contributed by atoms with Gasteiger partial charge in [-0.15, -0.1) is 24.0 Å². The van der Waals surface area contributed by atoms with E-state index in [1.54, 1.807) is 6.20 Å². The molecule has 0 bridgehead atoms. The Labute approximate surface area is 162 Å². The minimum atomic E-state index is 0. The van der Waals surface area contributed by atoms with E-state index in [4.69, 9.17) is 0 Å². The van der Waals surface area contributed by atoms with Crippen molar-refractivity contribution in [1.29, 1.82) is 0 Å². The van der Waals surface area contributed by atoms with Gasteiger partial charge in [0.2, 0.25) is 0 Å². The normalized spacial score (nSPS) is 11.0. The zero-order chi connectivity index (χ0) is 16.5. The third kappa shape index (κ3) is 6.51. The lowest BCUT2D eigenvalue weighted by atomic mass is 10.1. The van der Waals surface area contributed by atoms with Crippen molar-refractivity contribution in [2.45, 2.75) is 32.9 Å². The molecule has 0 spiro atoms. The number of guanidine groups is 1. The molecule has 0 amide bonds. The maximum Gasteiger partial charge on any atom is 0.193 e. The largest absolute Gasteiger partial charge is 0.352 e. The SMILES string of the molecule is CCCCN(C)C(=NC)NCc1ccc(Cn2ccnc2)cc1.I. The lowest BCUT2D eigenvalue weighted by Gasteiger charge is -2.21. The lowest BCUT2D eigenvalue weighted by molar-refractivity contribution is 0.464. The Kier molecular flexibility index (Phi) is 9.44. The fourth-order valence-electron chi connectivity index (χ4n) is 2.42. The standard InChI is InChI=1S/C18H27N5.HI/c1-4-5-11-22(3)18(19-2)21-13-16-6-8-17(9-7-16)14-23-12-10-20-15-23;/h6-10,12,15H,4-5,11,13-14H2,1-3H3,(H,19,21);1H. The first kappa shape index (κ1) is 20.5. The first-order valence-corrected chi connectivity index (χ1v) is 8.18. The molecule has 0 saturated heterocycles. The average Bonchev–Trinajstić information content (AvgIpc) is 3.08. The molecule has 1 aromatic carbocycles. The maximum atomic E-state index is 4.34. The molecular weight excluding hydrogens is 413 g/mol. The van der Waals surface area contributed by atoms with Crippen molar-refractivity contribution in [3.05, 3.63) is 54.1 Å². The van der Waals surface area contributed by atoms with Gasteiger partial charge in [0.15, 0.2) is 5.96 Å². The van der Waals surface area contributed by atoms with Gasteiger partial charge in [0.25, 0.3) is 0 Å². The van der Waals surface area contributed by atoms with Crippen LogP contribution in [0.2, 0.25) is 0 Å². The molecule has 2 aromatic rings. The van der Waals surface area contributed by atoms with Gasteiger partial charge in [0.1, 0.15) is 0 Å². The van der Waals surface area contributed by atoms with Crippen molar-refractivity contribution in [2.75, 3.05) is 20.6 Å². The Morgan fingerprint density at radius 1 is 1.25 bits per heavy atom. The second-order valence-electron chi connectivity index (χ2n) is 5.73. The van der Waals surface area contributed by atoms with Crippen LogP contribution in [0.4, 0.5) is 0 Å². The summed E-state index contributed by atoms with van der Waals surface area (Å²) in [6.45, 7) is 4.87. The number of unbranched alkanes of at least 4 members (excludes halogenated alkanes) is 1. The number of rotatable bonds is 7. The third-order valence-electron chi connectivity index (χ3n) is 3.82. The molecule has 24 heavy (non-hydrogen) atoms. The van der Waals surface area contributed by atoms with Crippen LogP contribution in [0.5, 0.6) is 0 Å². The molecule has 6 heteroatoms. The van der Waals surface area contributed by atoms with Crippen molar-refractivity contribution >= 4 is 29.9 Å². The number of nitrogens with one attached hydrogen (secondary N) is 1. The molecule has 0 unspecified atom stereocenters. The van der Waals surface area contributed by atoms with Gasteiger partial charge in [-0.1, -0.05) is 37.6 Å². The predicted molar refractivity (Wildman–Crippen MR) is 111 cm³/mol. The van der Waals surface area contributed by atoms with Crippen LogP contribution in [0.15, 0.2) is 48.0 Å². The molecule has 132 valence electrons. The molecule has 0 saturated carbocycles. The van der Waals surface area contributed by atoms with E-state index in [9.17, 15) is 0 Å². The molecule has 2 rings (SSSR count). The quantitative estimate of drug-likeness (QED) is 0.407. The highest BCUT2D eigenvalue weighted by molar-refractivity contribution is 14.0. The maximum absolute atomic E-state index is 4.34. The van der Waals surface area contributed by atoms with Crippen LogP contribution in [-0.4, -0.2) is 41.1 Å². The number of hydrogen-bond acceptors (Lipinski definition) is 2. The van der Waals surface area contributed by atoms with Crippen molar-refractivity contribution in [3.8, 4) is 0 Å². The van der Waals surface area contributed by atoms with Gasteiger partial charge in [0.05, 0.1) is 6.33 Å². The van der Waals surface area contributed by atoms with E-state index in [1.807, 2.05) is 19.6 Å². The Morgan fingerprint density at radius 2 is 1.96 bits per heavy atom. The van der Waals surface area contributed by atoms with Crippen molar-refractivity contribution < 1.29 is 0 Å². The second kappa shape index (κ2) is 11.1. The van der Waals surface area contributed by atoms with Crippen LogP contribution in [-0.2, 0) is 13.1 Å². The summed E-state index contributed by atoms with van der Waals surface area (Å²) in [4.78, 5) is 10.6. The zero-order valence-electron chi connectivity index (χ0n) is 14.8. The van der Waals surface area contributed by atoms with E-state index in [1.165, 1.54) is 24.0 Å². The van der Waals surface area contributed by atoms with Gasteiger partial charge in [-0.25, -0.2) is 4.98 Å². The van der Waals surface area contributed by atoms with Crippen LogP contribution >= 0.6 is 24.0 Å². The fraction of sp³-hybridized carbons (Fsp3) is 0.444. The summed E-state index contributed by atoms with van der Waals surface area (Å²) < 4.78 is 2.07. The van der Waals surface area contributed by atoms with E-state index in [2.05, 4.69) is 63.0 Å². The highest BCUT2D eigenvalue weighted by Gasteiger charge is 2.04. The Bertz CT molecular complexity index is 592. The summed E-state index contributed by atoms with van der Waals surface area (Å²) >= 11 is 0. The summed E-state index contributed by atoms with van der Waals surface area (Å²) in [5, 5.41) is 3.42. The van der Waals surface area contributed by atoms with Gasteiger partial charge in [0, 0.05) is 46.1 Å². The topological polar surface area (TPSA) is 45.5 Å². The molecule has 1 N–H and O–H groups in total. The van der Waals surface area contributed by atoms with Crippen molar-refractivity contribution in [2.24, 2.45) is 4.99 Å². The molecule has 0 atom stereocenters. The van der Waals surface area contributed by atoms with E-state index < -0.39 is 0 Å². The Hall–Kier alpha value is -1.57. The van der Waals surface area contributed by atoms with E-state index in [-0.39, 0.29) is 24.0 Å². The molecule has 0 aliphatic rings. The summed E-state index contributed by atoms with van der Waals surface area (Å²) in [6.07, 6.45) is 8.00. The number of benzene rings is 1. The third-order valence-corrected chi connectivity index (χ3v) is 3.82. The van der Waals surface area contributed by atoms with E-state index >= 15 is 0 Å². The van der Waals surface area contributed by atoms with E-state index in [0.29, 0.717) is 0 Å². The van der Waals surface area contributed by atoms with Crippen LogP contribution in [0.3, 0.4) is 0 Å². The minimum Gasteiger partial charge on any atom is -0.352 e. The number of imidazole rings is 1. The number of aromatic nitrogens is 2. The summed E-state index contributed by atoms with van der Waals surface area (Å²) in [5.74, 6) is 0.945. The van der Waals surface area contributed by atoms with Crippen LogP contribution in [0.1, 0.15) is 30.9 Å². The number of hydrogen-bond donors (Lipinski definition) is 1. The van der Waals surface area contributed by atoms with Gasteiger partial charge in [-0.2, -0.15) is 0 Å². The van der Waals surface area contributed by atoms with E-state index in [0.717, 1.165) is 25.6 Å². The Morgan fingerprint density at radius 3 is 2.54 bits per heavy atom. The Balaban J connectivity index is 0.00000288. The molecule has 0 aliphatic carbocycles. The predicted octanol–water partition coefficient (Wildman–Crippen LogP) is 3.36. The highest BCUT2D eigenvalue weighted by Crippen LogP contribution is 2.06. The number of halogens is 1. The van der Waals surface area contributed by atoms with Gasteiger partial charge in [-0.05, 0) is 17.5 Å². The monoisotopic (exact) mass is 441 g/mol. The van der Waals surface area contributed by atoms with Crippen LogP contribution in [0, 0.1) is 0 Å². The smallest absolute Gasteiger partial charge is 0.193 e. The van der Waals surface area contributed by atoms with Gasteiger partial charge in [-0.3, -0.25) is 4.99 Å². The molecule has 0 radical (unpaired) electrons. The van der Waals surface area contributed by atoms with Crippen LogP contribution in [0.25, 0.3) is 0 Å². The number of nitrogens with zero attached hydrogens (tertiary/aromatic N) is 4. The van der Waals surface area contributed by atoms with Crippen molar-refractivity contribution in [1.82, 2.24) is 19.8 Å². The first-order chi connectivity index (χ1) is 11.2.